The summed E-state index contributed by atoms with van der Waals surface area (Å²) in [7, 11) is 0. The fourth-order valence-corrected chi connectivity index (χ4v) is 2.37. The summed E-state index contributed by atoms with van der Waals surface area (Å²) in [5, 5.41) is 14.6. The zero-order chi connectivity index (χ0) is 13.4. The van der Waals surface area contributed by atoms with Gasteiger partial charge in [0, 0.05) is 6.61 Å². The molecule has 0 aromatic heterocycles. The first kappa shape index (κ1) is 14.8. The monoisotopic (exact) mass is 257 g/mol. The number of rotatable bonds is 6. The Morgan fingerprint density at radius 1 is 1.50 bits per heavy atom. The second-order valence-corrected chi connectivity index (χ2v) is 4.61. The van der Waals surface area contributed by atoms with Crippen LogP contribution in [0.15, 0.2) is 5.16 Å². The number of nitrogens with two attached hydrogens (primary N) is 1. The molecule has 0 heterocycles. The lowest BCUT2D eigenvalue weighted by molar-refractivity contribution is -0.126. The molecule has 1 saturated carbocycles. The van der Waals surface area contributed by atoms with Crippen LogP contribution >= 0.6 is 0 Å². The third kappa shape index (κ3) is 4.52. The quantitative estimate of drug-likeness (QED) is 0.284. The summed E-state index contributed by atoms with van der Waals surface area (Å²) >= 11 is 0. The van der Waals surface area contributed by atoms with Crippen molar-refractivity contribution in [3.8, 4) is 0 Å². The van der Waals surface area contributed by atoms with E-state index in [4.69, 9.17) is 15.7 Å². The number of nitrogens with zero attached hydrogens (tertiary/aromatic N) is 1. The highest BCUT2D eigenvalue weighted by atomic mass is 16.5. The van der Waals surface area contributed by atoms with Gasteiger partial charge in [0.25, 0.3) is 0 Å². The number of ether oxygens (including phenoxy) is 1. The van der Waals surface area contributed by atoms with E-state index in [0.717, 1.165) is 25.7 Å². The van der Waals surface area contributed by atoms with Gasteiger partial charge in [-0.05, 0) is 25.7 Å². The van der Waals surface area contributed by atoms with E-state index in [2.05, 4.69) is 10.5 Å². The molecule has 0 radical (unpaired) electrons. The SMILES string of the molecule is CCOCC(=O)NC(/C(N)=N/O)C1CCCCC1. The predicted octanol–water partition coefficient (Wildman–Crippen LogP) is 0.834. The Labute approximate surface area is 108 Å². The molecule has 1 atom stereocenters. The van der Waals surface area contributed by atoms with E-state index < -0.39 is 0 Å². The molecule has 4 N–H and O–H groups in total. The Kier molecular flexibility index (Phi) is 6.49. The van der Waals surface area contributed by atoms with Crippen LogP contribution in [-0.2, 0) is 9.53 Å². The van der Waals surface area contributed by atoms with Gasteiger partial charge in [-0.3, -0.25) is 4.79 Å². The van der Waals surface area contributed by atoms with Crippen molar-refractivity contribution in [2.45, 2.75) is 45.1 Å². The Balaban J connectivity index is 2.57. The Morgan fingerprint density at radius 2 is 2.17 bits per heavy atom. The second kappa shape index (κ2) is 7.92. The van der Waals surface area contributed by atoms with E-state index in [1.165, 1.54) is 6.42 Å². The summed E-state index contributed by atoms with van der Waals surface area (Å²) in [6, 6.07) is -0.386. The van der Waals surface area contributed by atoms with Crippen LogP contribution in [0, 0.1) is 5.92 Å². The van der Waals surface area contributed by atoms with Crippen LogP contribution in [0.4, 0.5) is 0 Å². The van der Waals surface area contributed by atoms with Gasteiger partial charge in [-0.15, -0.1) is 0 Å². The smallest absolute Gasteiger partial charge is 0.246 e. The highest BCUT2D eigenvalue weighted by Gasteiger charge is 2.28. The molecular formula is C12H23N3O3. The zero-order valence-electron chi connectivity index (χ0n) is 10.9. The molecule has 1 fully saturated rings. The van der Waals surface area contributed by atoms with E-state index in [1.54, 1.807) is 0 Å². The number of amidine groups is 1. The standard InChI is InChI=1S/C12H23N3O3/c1-2-18-8-10(16)14-11(12(13)15-17)9-6-4-3-5-7-9/h9,11,17H,2-8H2,1H3,(H2,13,15)(H,14,16). The van der Waals surface area contributed by atoms with Gasteiger partial charge in [0.2, 0.25) is 5.91 Å². The molecule has 0 aromatic carbocycles. The van der Waals surface area contributed by atoms with Crippen molar-refractivity contribution in [1.82, 2.24) is 5.32 Å². The molecule has 1 unspecified atom stereocenters. The second-order valence-electron chi connectivity index (χ2n) is 4.61. The van der Waals surface area contributed by atoms with Gasteiger partial charge >= 0.3 is 0 Å². The number of amides is 1. The van der Waals surface area contributed by atoms with Gasteiger partial charge in [0.1, 0.15) is 6.61 Å². The topological polar surface area (TPSA) is 96.9 Å². The van der Waals surface area contributed by atoms with Crippen LogP contribution in [0.5, 0.6) is 0 Å². The molecule has 104 valence electrons. The summed E-state index contributed by atoms with van der Waals surface area (Å²) in [6.07, 6.45) is 5.46. The summed E-state index contributed by atoms with van der Waals surface area (Å²) in [4.78, 5) is 11.6. The Morgan fingerprint density at radius 3 is 2.72 bits per heavy atom. The van der Waals surface area contributed by atoms with Crippen molar-refractivity contribution in [1.29, 1.82) is 0 Å². The average Bonchev–Trinajstić information content (AvgIpc) is 2.42. The number of oxime groups is 1. The third-order valence-electron chi connectivity index (χ3n) is 3.31. The first-order valence-electron chi connectivity index (χ1n) is 6.53. The summed E-state index contributed by atoms with van der Waals surface area (Å²) < 4.78 is 5.04. The average molecular weight is 257 g/mol. The van der Waals surface area contributed by atoms with Crippen molar-refractivity contribution in [2.24, 2.45) is 16.8 Å². The summed E-state index contributed by atoms with van der Waals surface area (Å²) in [6.45, 7) is 2.33. The predicted molar refractivity (Wildman–Crippen MR) is 68.4 cm³/mol. The molecule has 1 aliphatic carbocycles. The lowest BCUT2D eigenvalue weighted by Gasteiger charge is -2.29. The zero-order valence-corrected chi connectivity index (χ0v) is 10.9. The van der Waals surface area contributed by atoms with Crippen LogP contribution in [0.1, 0.15) is 39.0 Å². The van der Waals surface area contributed by atoms with Crippen LogP contribution in [-0.4, -0.2) is 36.2 Å². The van der Waals surface area contributed by atoms with E-state index >= 15 is 0 Å². The number of carbonyl (C=O) groups excluding carboxylic acids is 1. The molecule has 6 heteroatoms. The lowest BCUT2D eigenvalue weighted by atomic mass is 9.83. The van der Waals surface area contributed by atoms with Gasteiger partial charge < -0.3 is 21.0 Å². The van der Waals surface area contributed by atoms with Crippen molar-refractivity contribution in [2.75, 3.05) is 13.2 Å². The van der Waals surface area contributed by atoms with Gasteiger partial charge in [0.05, 0.1) is 6.04 Å². The highest BCUT2D eigenvalue weighted by molar-refractivity contribution is 5.90. The minimum atomic E-state index is -0.386. The van der Waals surface area contributed by atoms with Crippen LogP contribution in [0.2, 0.25) is 0 Å². The first-order chi connectivity index (χ1) is 8.69. The Bertz CT molecular complexity index is 288. The molecule has 1 amide bonds. The van der Waals surface area contributed by atoms with E-state index in [9.17, 15) is 4.79 Å². The van der Waals surface area contributed by atoms with Crippen LogP contribution in [0.3, 0.4) is 0 Å². The van der Waals surface area contributed by atoms with Gasteiger partial charge in [-0.2, -0.15) is 0 Å². The fourth-order valence-electron chi connectivity index (χ4n) is 2.37. The van der Waals surface area contributed by atoms with E-state index in [0.29, 0.717) is 6.61 Å². The summed E-state index contributed by atoms with van der Waals surface area (Å²) in [5.74, 6) is 0.103. The molecule has 0 bridgehead atoms. The van der Waals surface area contributed by atoms with Gasteiger partial charge in [-0.1, -0.05) is 24.4 Å². The number of nitrogens with one attached hydrogen (secondary N) is 1. The molecule has 1 rings (SSSR count). The van der Waals surface area contributed by atoms with Crippen molar-refractivity contribution < 1.29 is 14.7 Å². The highest BCUT2D eigenvalue weighted by Crippen LogP contribution is 2.26. The molecule has 1 aliphatic rings. The molecule has 0 saturated heterocycles. The minimum Gasteiger partial charge on any atom is -0.409 e. The number of hydrogen-bond donors (Lipinski definition) is 3. The largest absolute Gasteiger partial charge is 0.409 e. The van der Waals surface area contributed by atoms with E-state index in [-0.39, 0.29) is 30.3 Å². The van der Waals surface area contributed by atoms with Gasteiger partial charge in [0.15, 0.2) is 5.84 Å². The van der Waals surface area contributed by atoms with E-state index in [1.807, 2.05) is 6.92 Å². The Hall–Kier alpha value is -1.30. The van der Waals surface area contributed by atoms with Gasteiger partial charge in [-0.25, -0.2) is 0 Å². The molecular weight excluding hydrogens is 234 g/mol. The molecule has 0 aliphatic heterocycles. The normalized spacial score (nSPS) is 19.5. The van der Waals surface area contributed by atoms with Crippen molar-refractivity contribution in [3.63, 3.8) is 0 Å². The molecule has 18 heavy (non-hydrogen) atoms. The molecule has 0 aromatic rings. The molecule has 0 spiro atoms. The maximum atomic E-state index is 11.6. The minimum absolute atomic E-state index is 0.0123. The number of hydrogen-bond acceptors (Lipinski definition) is 4. The maximum Gasteiger partial charge on any atom is 0.246 e. The lowest BCUT2D eigenvalue weighted by Crippen LogP contribution is -2.50. The molecule has 6 nitrogen and oxygen atoms in total. The fraction of sp³-hybridized carbons (Fsp3) is 0.833. The van der Waals surface area contributed by atoms with Crippen molar-refractivity contribution in [3.05, 3.63) is 0 Å². The third-order valence-corrected chi connectivity index (χ3v) is 3.31. The maximum absolute atomic E-state index is 11.6. The first-order valence-corrected chi connectivity index (χ1v) is 6.53. The summed E-state index contributed by atoms with van der Waals surface area (Å²) in [5.41, 5.74) is 5.67. The van der Waals surface area contributed by atoms with Crippen molar-refractivity contribution >= 4 is 11.7 Å². The number of carbonyl (C=O) groups is 1. The van der Waals surface area contributed by atoms with Crippen LogP contribution in [0.25, 0.3) is 0 Å². The van der Waals surface area contributed by atoms with Crippen LogP contribution < -0.4 is 11.1 Å².